The summed E-state index contributed by atoms with van der Waals surface area (Å²) in [5.74, 6) is -0.957. The molecule has 0 spiro atoms. The van der Waals surface area contributed by atoms with Crippen molar-refractivity contribution >= 4 is 33.1 Å². The van der Waals surface area contributed by atoms with Gasteiger partial charge in [0.05, 0.1) is 23.2 Å². The highest BCUT2D eigenvalue weighted by molar-refractivity contribution is 7.89. The van der Waals surface area contributed by atoms with Crippen LogP contribution in [0.2, 0.25) is 0 Å². The lowest BCUT2D eigenvalue weighted by Crippen LogP contribution is -2.12. The van der Waals surface area contributed by atoms with Crippen LogP contribution in [0.3, 0.4) is 0 Å². The number of methoxy groups -OCH3 is 1. The maximum Gasteiger partial charge on any atom is 0.347 e. The third-order valence-electron chi connectivity index (χ3n) is 3.69. The van der Waals surface area contributed by atoms with Crippen LogP contribution in [0.1, 0.15) is 11.1 Å². The first-order chi connectivity index (χ1) is 11.8. The molecule has 8 heteroatoms. The number of hydrogen-bond acceptors (Lipinski definition) is 6. The summed E-state index contributed by atoms with van der Waals surface area (Å²) in [5.41, 5.74) is 1.02. The van der Waals surface area contributed by atoms with E-state index in [1.807, 2.05) is 0 Å². The van der Waals surface area contributed by atoms with Crippen molar-refractivity contribution in [2.45, 2.75) is 4.90 Å². The Morgan fingerprint density at radius 1 is 0.840 bits per heavy atom. The summed E-state index contributed by atoms with van der Waals surface area (Å²) < 4.78 is 32.5. The number of carbonyl (C=O) groups excluding carboxylic acids is 2. The Labute approximate surface area is 143 Å². The molecular formula is C17H13NO6S. The van der Waals surface area contributed by atoms with Crippen molar-refractivity contribution in [1.82, 2.24) is 0 Å². The van der Waals surface area contributed by atoms with Crippen molar-refractivity contribution in [2.75, 3.05) is 7.11 Å². The Hall–Kier alpha value is -2.97. The van der Waals surface area contributed by atoms with Crippen molar-refractivity contribution in [1.29, 1.82) is 0 Å². The van der Waals surface area contributed by atoms with Gasteiger partial charge >= 0.3 is 11.9 Å². The number of nitrogens with two attached hydrogens (primary N) is 1. The number of carbonyl (C=O) groups is 2. The van der Waals surface area contributed by atoms with E-state index in [9.17, 15) is 18.0 Å². The quantitative estimate of drug-likeness (QED) is 0.651. The van der Waals surface area contributed by atoms with Gasteiger partial charge in [0.25, 0.3) is 0 Å². The lowest BCUT2D eigenvalue weighted by Gasteiger charge is -2.05. The van der Waals surface area contributed by atoms with Crippen LogP contribution in [0.5, 0.6) is 5.75 Å². The number of esters is 2. The molecule has 0 fully saturated rings. The molecule has 0 radical (unpaired) electrons. The minimum absolute atomic E-state index is 0.0659. The normalized spacial score (nSPS) is 14.6. The summed E-state index contributed by atoms with van der Waals surface area (Å²) >= 11 is 0. The Bertz CT molecular complexity index is 988. The van der Waals surface area contributed by atoms with E-state index in [4.69, 9.17) is 14.6 Å². The minimum atomic E-state index is -3.85. The number of sulfonamides is 1. The van der Waals surface area contributed by atoms with Gasteiger partial charge in [0.2, 0.25) is 10.0 Å². The van der Waals surface area contributed by atoms with Gasteiger partial charge < -0.3 is 9.47 Å². The average Bonchev–Trinajstić information content (AvgIpc) is 2.88. The lowest BCUT2D eigenvalue weighted by atomic mass is 9.96. The predicted molar refractivity (Wildman–Crippen MR) is 88.7 cm³/mol. The number of rotatable bonds is 4. The molecule has 2 aromatic rings. The first kappa shape index (κ1) is 16.9. The first-order valence-corrected chi connectivity index (χ1v) is 8.64. The summed E-state index contributed by atoms with van der Waals surface area (Å²) in [7, 11) is -2.34. The molecule has 25 heavy (non-hydrogen) atoms. The summed E-state index contributed by atoms with van der Waals surface area (Å²) in [6.45, 7) is 0. The van der Waals surface area contributed by atoms with Gasteiger partial charge in [-0.25, -0.2) is 23.1 Å². The second-order valence-corrected chi connectivity index (χ2v) is 6.79. The van der Waals surface area contributed by atoms with Crippen LogP contribution in [-0.2, 0) is 24.3 Å². The van der Waals surface area contributed by atoms with Gasteiger partial charge in [-0.05, 0) is 35.4 Å². The monoisotopic (exact) mass is 359 g/mol. The number of primary sulfonamides is 1. The number of hydrogen-bond donors (Lipinski definition) is 1. The number of ether oxygens (including phenoxy) is 2. The molecule has 0 atom stereocenters. The predicted octanol–water partition coefficient (Wildman–Crippen LogP) is 1.34. The van der Waals surface area contributed by atoms with E-state index < -0.39 is 22.0 Å². The molecule has 2 N–H and O–H groups in total. The van der Waals surface area contributed by atoms with Crippen molar-refractivity contribution in [3.63, 3.8) is 0 Å². The zero-order chi connectivity index (χ0) is 18.2. The zero-order valence-electron chi connectivity index (χ0n) is 13.1. The molecule has 2 aromatic carbocycles. The topological polar surface area (TPSA) is 113 Å². The third kappa shape index (κ3) is 3.17. The fourth-order valence-corrected chi connectivity index (χ4v) is 3.00. The minimum Gasteiger partial charge on any atom is -0.497 e. The van der Waals surface area contributed by atoms with E-state index in [1.165, 1.54) is 31.4 Å². The van der Waals surface area contributed by atoms with Gasteiger partial charge in [-0.1, -0.05) is 24.3 Å². The largest absolute Gasteiger partial charge is 0.497 e. The van der Waals surface area contributed by atoms with E-state index in [0.29, 0.717) is 16.9 Å². The molecule has 0 unspecified atom stereocenters. The Kier molecular flexibility index (Phi) is 4.15. The van der Waals surface area contributed by atoms with E-state index in [0.717, 1.165) is 0 Å². The van der Waals surface area contributed by atoms with Gasteiger partial charge in [0.15, 0.2) is 0 Å². The Morgan fingerprint density at radius 2 is 1.28 bits per heavy atom. The Balaban J connectivity index is 2.13. The summed E-state index contributed by atoms with van der Waals surface area (Å²) in [5, 5.41) is 5.06. The average molecular weight is 359 g/mol. The fourth-order valence-electron chi connectivity index (χ4n) is 2.48. The molecule has 7 nitrogen and oxygen atoms in total. The van der Waals surface area contributed by atoms with Crippen LogP contribution in [0, 0.1) is 0 Å². The van der Waals surface area contributed by atoms with Crippen molar-refractivity contribution in [2.24, 2.45) is 5.14 Å². The lowest BCUT2D eigenvalue weighted by molar-refractivity contribution is -0.149. The summed E-state index contributed by atoms with van der Waals surface area (Å²) in [6.07, 6.45) is 0. The standard InChI is InChI=1S/C17H13NO6S/c1-23-12-6-2-10(3-7-12)14-15(17(20)24-16(14)19)11-4-8-13(9-5-11)25(18,21)22/h2-9H,1H3,(H2,18,21,22). The highest BCUT2D eigenvalue weighted by Crippen LogP contribution is 2.34. The van der Waals surface area contributed by atoms with Gasteiger partial charge in [-0.15, -0.1) is 0 Å². The van der Waals surface area contributed by atoms with Gasteiger partial charge in [-0.3, -0.25) is 0 Å². The molecule has 0 amide bonds. The Morgan fingerprint density at radius 3 is 1.68 bits per heavy atom. The maximum absolute atomic E-state index is 12.1. The molecule has 0 aliphatic carbocycles. The molecule has 1 aliphatic heterocycles. The summed E-state index contributed by atoms with van der Waals surface area (Å²) in [4.78, 5) is 24.1. The van der Waals surface area contributed by atoms with E-state index in [2.05, 4.69) is 0 Å². The van der Waals surface area contributed by atoms with Crippen LogP contribution in [0.25, 0.3) is 11.1 Å². The third-order valence-corrected chi connectivity index (χ3v) is 4.62. The summed E-state index contributed by atoms with van der Waals surface area (Å²) in [6, 6.07) is 11.9. The van der Waals surface area contributed by atoms with E-state index >= 15 is 0 Å². The molecule has 1 heterocycles. The molecule has 0 saturated heterocycles. The number of cyclic esters (lactones) is 2. The van der Waals surface area contributed by atoms with Crippen molar-refractivity contribution < 1.29 is 27.5 Å². The molecule has 0 aromatic heterocycles. The molecular weight excluding hydrogens is 346 g/mol. The van der Waals surface area contributed by atoms with Gasteiger partial charge in [0.1, 0.15) is 5.75 Å². The molecule has 3 rings (SSSR count). The van der Waals surface area contributed by atoms with Crippen molar-refractivity contribution in [3.05, 3.63) is 59.7 Å². The SMILES string of the molecule is COc1ccc(C2=C(c3ccc(S(N)(=O)=O)cc3)C(=O)OC2=O)cc1. The van der Waals surface area contributed by atoms with Gasteiger partial charge in [0, 0.05) is 0 Å². The maximum atomic E-state index is 12.1. The van der Waals surface area contributed by atoms with Crippen LogP contribution in [0.4, 0.5) is 0 Å². The highest BCUT2D eigenvalue weighted by Gasteiger charge is 2.34. The molecule has 128 valence electrons. The van der Waals surface area contributed by atoms with Crippen LogP contribution < -0.4 is 9.88 Å². The van der Waals surface area contributed by atoms with Crippen molar-refractivity contribution in [3.8, 4) is 5.75 Å². The second kappa shape index (κ2) is 6.15. The fraction of sp³-hybridized carbons (Fsp3) is 0.0588. The van der Waals surface area contributed by atoms with Gasteiger partial charge in [-0.2, -0.15) is 0 Å². The molecule has 1 aliphatic rings. The van der Waals surface area contributed by atoms with Crippen LogP contribution in [-0.4, -0.2) is 27.5 Å². The first-order valence-electron chi connectivity index (χ1n) is 7.09. The molecule has 0 saturated carbocycles. The zero-order valence-corrected chi connectivity index (χ0v) is 13.9. The van der Waals surface area contributed by atoms with E-state index in [-0.39, 0.29) is 16.0 Å². The smallest absolute Gasteiger partial charge is 0.347 e. The van der Waals surface area contributed by atoms with E-state index in [1.54, 1.807) is 24.3 Å². The van der Waals surface area contributed by atoms with Crippen LogP contribution in [0.15, 0.2) is 53.4 Å². The molecule has 0 bridgehead atoms. The highest BCUT2D eigenvalue weighted by atomic mass is 32.2. The van der Waals surface area contributed by atoms with Crippen LogP contribution >= 0.6 is 0 Å². The number of benzene rings is 2. The second-order valence-electron chi connectivity index (χ2n) is 5.22.